The predicted octanol–water partition coefficient (Wildman–Crippen LogP) is 6.07. The van der Waals surface area contributed by atoms with E-state index in [0.29, 0.717) is 0 Å². The van der Waals surface area contributed by atoms with Crippen molar-refractivity contribution in [3.8, 4) is 0 Å². The molecule has 1 heterocycles. The van der Waals surface area contributed by atoms with Crippen LogP contribution in [0.3, 0.4) is 0 Å². The van der Waals surface area contributed by atoms with E-state index >= 15 is 0 Å². The summed E-state index contributed by atoms with van der Waals surface area (Å²) in [4.78, 5) is 0. The number of benzene rings is 3. The van der Waals surface area contributed by atoms with E-state index in [4.69, 9.17) is 7.85 Å². The van der Waals surface area contributed by atoms with E-state index in [2.05, 4.69) is 135 Å². The Morgan fingerprint density at radius 2 is 1.23 bits per heavy atom. The van der Waals surface area contributed by atoms with E-state index in [1.807, 2.05) is 0 Å². The van der Waals surface area contributed by atoms with Gasteiger partial charge >= 0.3 is 0 Å². The first-order valence-corrected chi connectivity index (χ1v) is 12.7. The summed E-state index contributed by atoms with van der Waals surface area (Å²) in [6.45, 7) is 6.67. The molecule has 1 aliphatic carbocycles. The van der Waals surface area contributed by atoms with Gasteiger partial charge in [-0.05, 0) is 53.5 Å². The highest BCUT2D eigenvalue weighted by atomic mass is 15.1. The largest absolute Gasteiger partial charge is 0.329 e. The van der Waals surface area contributed by atoms with Gasteiger partial charge in [-0.15, -0.1) is 0 Å². The molecule has 1 unspecified atom stereocenters. The summed E-state index contributed by atoms with van der Waals surface area (Å²) in [5.41, 5.74) is 6.59. The fraction of sp³-hybridized carbons (Fsp3) is 0.212. The number of nitrogens with zero attached hydrogens (tertiary/aromatic N) is 1. The minimum Gasteiger partial charge on any atom is -0.329 e. The van der Waals surface area contributed by atoms with Crippen LogP contribution in [0.15, 0.2) is 109 Å². The summed E-state index contributed by atoms with van der Waals surface area (Å²) >= 11 is 0. The van der Waals surface area contributed by atoms with Gasteiger partial charge in [-0.25, -0.2) is 0 Å². The summed E-state index contributed by atoms with van der Waals surface area (Å²) in [6, 6.07) is 32.7. The van der Waals surface area contributed by atoms with Crippen LogP contribution in [0.1, 0.15) is 48.9 Å². The van der Waals surface area contributed by atoms with E-state index < -0.39 is 5.54 Å². The smallest absolute Gasteiger partial charge is 0.120 e. The molecule has 0 saturated heterocycles. The highest BCUT2D eigenvalue weighted by Crippen LogP contribution is 2.40. The molecule has 3 aromatic carbocycles. The Kier molecular flexibility index (Phi) is 6.39. The summed E-state index contributed by atoms with van der Waals surface area (Å²) in [7, 11) is 6.69. The fourth-order valence-electron chi connectivity index (χ4n) is 5.78. The van der Waals surface area contributed by atoms with Crippen LogP contribution in [-0.4, -0.2) is 12.4 Å². The van der Waals surface area contributed by atoms with Crippen LogP contribution >= 0.6 is 0 Å². The second-order valence-corrected chi connectivity index (χ2v) is 9.44. The predicted molar refractivity (Wildman–Crippen MR) is 149 cm³/mol. The van der Waals surface area contributed by atoms with Crippen molar-refractivity contribution in [3.63, 3.8) is 0 Å². The number of hydrogen-bond acceptors (Lipinski definition) is 0. The third-order valence-electron chi connectivity index (χ3n) is 7.41. The number of allylic oxidation sites excluding steroid dienone is 2. The molecule has 0 fully saturated rings. The highest BCUT2D eigenvalue weighted by molar-refractivity contribution is 6.28. The third kappa shape index (κ3) is 3.82. The number of aryl methyl sites for hydroxylation is 1. The van der Waals surface area contributed by atoms with Gasteiger partial charge in [-0.3, -0.25) is 0 Å². The van der Waals surface area contributed by atoms with E-state index in [1.165, 1.54) is 38.4 Å². The Morgan fingerprint density at radius 1 is 0.743 bits per heavy atom. The second-order valence-electron chi connectivity index (χ2n) is 9.44. The number of rotatable bonds is 6. The summed E-state index contributed by atoms with van der Waals surface area (Å²) < 4.78 is 2.52. The molecular formula is C33H32BN. The molecule has 0 bridgehead atoms. The van der Waals surface area contributed by atoms with Crippen molar-refractivity contribution in [2.75, 3.05) is 0 Å². The van der Waals surface area contributed by atoms with E-state index in [1.54, 1.807) is 0 Å². The zero-order valence-electron chi connectivity index (χ0n) is 20.9. The van der Waals surface area contributed by atoms with Gasteiger partial charge in [0.05, 0.1) is 0 Å². The summed E-state index contributed by atoms with van der Waals surface area (Å²) in [6.07, 6.45) is 8.93. The maximum absolute atomic E-state index is 6.69. The highest BCUT2D eigenvalue weighted by Gasteiger charge is 2.39. The van der Waals surface area contributed by atoms with Crippen molar-refractivity contribution in [2.45, 2.75) is 39.2 Å². The molecule has 0 amide bonds. The van der Waals surface area contributed by atoms with Crippen LogP contribution in [0, 0.1) is 12.8 Å². The molecule has 5 rings (SSSR count). The lowest BCUT2D eigenvalue weighted by Crippen LogP contribution is -2.46. The normalized spacial score (nSPS) is 15.7. The lowest BCUT2D eigenvalue weighted by molar-refractivity contribution is 0.503. The van der Waals surface area contributed by atoms with Gasteiger partial charge in [0.15, 0.2) is 0 Å². The van der Waals surface area contributed by atoms with E-state index in [-0.39, 0.29) is 5.92 Å². The number of fused-ring (bicyclic) bond motifs is 1. The van der Waals surface area contributed by atoms with Gasteiger partial charge in [0.2, 0.25) is 0 Å². The Bertz CT molecular complexity index is 1360. The van der Waals surface area contributed by atoms with Crippen molar-refractivity contribution >= 4 is 19.5 Å². The molecule has 0 aliphatic heterocycles. The second kappa shape index (κ2) is 9.62. The molecule has 1 aliphatic rings. The Hall–Kier alpha value is -3.52. The average molecular weight is 453 g/mol. The van der Waals surface area contributed by atoms with Crippen molar-refractivity contribution in [1.29, 1.82) is 0 Å². The first-order valence-electron chi connectivity index (χ1n) is 12.7. The maximum atomic E-state index is 6.69. The van der Waals surface area contributed by atoms with Gasteiger partial charge in [-0.1, -0.05) is 122 Å². The summed E-state index contributed by atoms with van der Waals surface area (Å²) in [5.74, 6) is 0.283. The molecule has 1 atom stereocenters. The van der Waals surface area contributed by atoms with Crippen LogP contribution in [0.25, 0.3) is 11.6 Å². The third-order valence-corrected chi connectivity index (χ3v) is 7.41. The molecule has 172 valence electrons. The van der Waals surface area contributed by atoms with Gasteiger partial charge in [0.25, 0.3) is 0 Å². The number of aromatic nitrogens is 1. The Morgan fingerprint density at radius 3 is 1.66 bits per heavy atom. The van der Waals surface area contributed by atoms with Gasteiger partial charge in [0, 0.05) is 16.8 Å². The fourth-order valence-corrected chi connectivity index (χ4v) is 5.78. The van der Waals surface area contributed by atoms with E-state index in [0.717, 1.165) is 18.3 Å². The van der Waals surface area contributed by atoms with Gasteiger partial charge < -0.3 is 4.57 Å². The molecule has 0 spiro atoms. The molecule has 2 radical (unpaired) electrons. The quantitative estimate of drug-likeness (QED) is 0.247. The molecular weight excluding hydrogens is 421 g/mol. The maximum Gasteiger partial charge on any atom is 0.120 e. The van der Waals surface area contributed by atoms with Crippen LogP contribution in [0.2, 0.25) is 0 Å². The van der Waals surface area contributed by atoms with Crippen molar-refractivity contribution in [2.24, 2.45) is 5.92 Å². The van der Waals surface area contributed by atoms with Crippen LogP contribution in [-0.2, 0) is 5.54 Å². The lowest BCUT2D eigenvalue weighted by Gasteiger charge is -2.38. The lowest BCUT2D eigenvalue weighted by atomic mass is 9.76. The van der Waals surface area contributed by atoms with Crippen molar-refractivity contribution in [3.05, 3.63) is 142 Å². The van der Waals surface area contributed by atoms with Crippen LogP contribution < -0.4 is 10.6 Å². The first kappa shape index (κ1) is 23.2. The van der Waals surface area contributed by atoms with Gasteiger partial charge in [0.1, 0.15) is 13.4 Å². The Labute approximate surface area is 210 Å². The minimum atomic E-state index is -0.533. The van der Waals surface area contributed by atoms with Crippen molar-refractivity contribution in [1.82, 2.24) is 4.57 Å². The first-order chi connectivity index (χ1) is 17.1. The van der Waals surface area contributed by atoms with Crippen LogP contribution in [0.4, 0.5) is 0 Å². The molecule has 0 saturated carbocycles. The monoisotopic (exact) mass is 453 g/mol. The zero-order chi connectivity index (χ0) is 24.4. The zero-order valence-corrected chi connectivity index (χ0v) is 20.9. The van der Waals surface area contributed by atoms with Crippen LogP contribution in [0.5, 0.6) is 0 Å². The molecule has 0 N–H and O–H groups in total. The van der Waals surface area contributed by atoms with Crippen molar-refractivity contribution < 1.29 is 0 Å². The molecule has 1 nitrogen and oxygen atoms in total. The molecule has 1 aromatic heterocycles. The average Bonchev–Trinajstić information content (AvgIpc) is 3.13. The van der Waals surface area contributed by atoms with Gasteiger partial charge in [-0.2, -0.15) is 0 Å². The standard InChI is InChI=1S/C33H32BN/c1-4-25-21-30(34)29(5-2)32-24(3)23-35(31(32)22-25)33(26-15-9-6-10-16-26,27-17-11-7-12-18-27)28-19-13-8-14-20-28/h6-23,25H,4-5H2,1-3H3. The molecule has 4 aromatic rings. The summed E-state index contributed by atoms with van der Waals surface area (Å²) in [5, 5.41) is 2.53. The topological polar surface area (TPSA) is 4.93 Å². The molecule has 2 heteroatoms. The molecule has 35 heavy (non-hydrogen) atoms. The van der Waals surface area contributed by atoms with E-state index in [9.17, 15) is 0 Å². The number of hydrogen-bond donors (Lipinski definition) is 0. The SMILES string of the molecule is [B]C1=CC(CC)C=c2c(c(C)cn2C(c2ccccc2)(c2ccccc2)c2ccccc2)=C1CC. The Balaban J connectivity index is 2.02. The minimum absolute atomic E-state index is 0.283.